The Morgan fingerprint density at radius 3 is 2.63 bits per heavy atom. The number of rotatable bonds is 8. The number of aldehydes is 1. The monoisotopic (exact) mass is 593 g/mol. The van der Waals surface area contributed by atoms with Crippen LogP contribution in [0.2, 0.25) is 10.3 Å². The number of anilines is 1. The Morgan fingerprint density at radius 1 is 1.13 bits per heavy atom. The van der Waals surface area contributed by atoms with Crippen LogP contribution in [0.15, 0.2) is 49.2 Å². The van der Waals surface area contributed by atoms with Crippen molar-refractivity contribution in [1.82, 2.24) is 19.2 Å². The second-order valence-electron chi connectivity index (χ2n) is 9.70. The minimum Gasteiger partial charge on any atom is -0.356 e. The van der Waals surface area contributed by atoms with E-state index < -0.39 is 21.3 Å². The van der Waals surface area contributed by atoms with Crippen LogP contribution in [0.3, 0.4) is 0 Å². The van der Waals surface area contributed by atoms with Gasteiger partial charge in [0.1, 0.15) is 17.4 Å². The van der Waals surface area contributed by atoms with E-state index in [-0.39, 0.29) is 11.8 Å². The van der Waals surface area contributed by atoms with E-state index in [9.17, 15) is 13.2 Å². The van der Waals surface area contributed by atoms with Crippen molar-refractivity contribution in [2.75, 3.05) is 44.2 Å². The molecule has 0 spiro atoms. The first kappa shape index (κ1) is 27.5. The first-order valence-electron chi connectivity index (χ1n) is 12.5. The number of aromatic nitrogens is 2. The third-order valence-corrected chi connectivity index (χ3v) is 11.3. The number of thiophene rings is 1. The zero-order chi connectivity index (χ0) is 26.9. The molecule has 0 saturated carbocycles. The molecule has 2 aromatic heterocycles. The normalized spacial score (nSPS) is 21.0. The van der Waals surface area contributed by atoms with Gasteiger partial charge in [0, 0.05) is 60.1 Å². The van der Waals surface area contributed by atoms with Crippen molar-refractivity contribution in [2.45, 2.75) is 24.1 Å². The summed E-state index contributed by atoms with van der Waals surface area (Å²) in [7, 11) is -3.75. The minimum atomic E-state index is -3.75. The van der Waals surface area contributed by atoms with Crippen molar-refractivity contribution >= 4 is 66.8 Å². The molecule has 0 bridgehead atoms. The molecule has 5 rings (SSSR count). The van der Waals surface area contributed by atoms with Crippen molar-refractivity contribution < 1.29 is 13.2 Å². The molecule has 8 nitrogen and oxygen atoms in total. The molecule has 12 heteroatoms. The maximum absolute atomic E-state index is 13.7. The number of benzene rings is 1. The first-order chi connectivity index (χ1) is 18.3. The van der Waals surface area contributed by atoms with Crippen LogP contribution in [0.25, 0.3) is 10.1 Å². The average Bonchev–Trinajstić information content (AvgIpc) is 3.32. The Bertz CT molecular complexity index is 1430. The number of nitrogens with zero attached hydrogens (tertiary/aromatic N) is 5. The molecule has 2 unspecified atom stereocenters. The lowest BCUT2D eigenvalue weighted by molar-refractivity contribution is -0.114. The highest BCUT2D eigenvalue weighted by Crippen LogP contribution is 2.37. The summed E-state index contributed by atoms with van der Waals surface area (Å²) in [6, 6.07) is 8.78. The number of piperazine rings is 1. The molecule has 1 aromatic carbocycles. The van der Waals surface area contributed by atoms with Gasteiger partial charge in [-0.15, -0.1) is 17.9 Å². The van der Waals surface area contributed by atoms with E-state index in [1.165, 1.54) is 21.7 Å². The van der Waals surface area contributed by atoms with Gasteiger partial charge in [-0.3, -0.25) is 4.90 Å². The van der Waals surface area contributed by atoms with E-state index in [1.54, 1.807) is 12.3 Å². The molecule has 0 radical (unpaired) electrons. The van der Waals surface area contributed by atoms with Crippen LogP contribution in [0.5, 0.6) is 0 Å². The van der Waals surface area contributed by atoms with Gasteiger partial charge in [-0.1, -0.05) is 23.7 Å². The molecule has 4 heterocycles. The Morgan fingerprint density at radius 2 is 1.92 bits per heavy atom. The lowest BCUT2D eigenvalue weighted by Gasteiger charge is -2.42. The fraction of sp³-hybridized carbons (Fsp3) is 0.423. The highest BCUT2D eigenvalue weighted by molar-refractivity contribution is 7.89. The molecule has 2 aliphatic heterocycles. The number of hydrogen-bond acceptors (Lipinski definition) is 8. The molecule has 0 amide bonds. The molecule has 0 N–H and O–H groups in total. The number of sulfonamides is 1. The molecule has 2 atom stereocenters. The second kappa shape index (κ2) is 11.6. The minimum absolute atomic E-state index is 0.144. The van der Waals surface area contributed by atoms with Gasteiger partial charge < -0.3 is 9.69 Å². The van der Waals surface area contributed by atoms with Gasteiger partial charge >= 0.3 is 0 Å². The van der Waals surface area contributed by atoms with Crippen LogP contribution >= 0.6 is 34.5 Å². The van der Waals surface area contributed by atoms with Gasteiger partial charge in [0.25, 0.3) is 0 Å². The highest BCUT2D eigenvalue weighted by Gasteiger charge is 2.38. The molecule has 2 aliphatic rings. The number of piperidine rings is 1. The Hall–Kier alpha value is -2.08. The maximum Gasteiger partial charge on any atom is 0.225 e. The van der Waals surface area contributed by atoms with Crippen molar-refractivity contribution in [3.63, 3.8) is 0 Å². The molecule has 2 saturated heterocycles. The van der Waals surface area contributed by atoms with E-state index in [4.69, 9.17) is 23.2 Å². The second-order valence-corrected chi connectivity index (χ2v) is 13.6. The summed E-state index contributed by atoms with van der Waals surface area (Å²) in [6.07, 6.45) is 5.93. The Kier molecular flexibility index (Phi) is 8.37. The average molecular weight is 595 g/mol. The molecule has 0 aliphatic carbocycles. The van der Waals surface area contributed by atoms with Crippen LogP contribution in [0.1, 0.15) is 23.0 Å². The molecular formula is C26H29Cl2N5O3S2. The van der Waals surface area contributed by atoms with Crippen molar-refractivity contribution in [1.29, 1.82) is 0 Å². The van der Waals surface area contributed by atoms with E-state index in [2.05, 4.69) is 26.3 Å². The maximum atomic E-state index is 13.7. The van der Waals surface area contributed by atoms with Crippen LogP contribution in [-0.2, 0) is 14.8 Å². The Balaban J connectivity index is 1.22. The fourth-order valence-corrected chi connectivity index (χ4v) is 8.89. The van der Waals surface area contributed by atoms with E-state index >= 15 is 0 Å². The third kappa shape index (κ3) is 5.76. The van der Waals surface area contributed by atoms with Gasteiger partial charge in [-0.25, -0.2) is 18.4 Å². The smallest absolute Gasteiger partial charge is 0.225 e. The zero-order valence-corrected chi connectivity index (χ0v) is 23.9. The predicted molar refractivity (Wildman–Crippen MR) is 154 cm³/mol. The lowest BCUT2D eigenvalue weighted by Crippen LogP contribution is -2.57. The lowest BCUT2D eigenvalue weighted by atomic mass is 9.95. The van der Waals surface area contributed by atoms with Gasteiger partial charge in [0.05, 0.1) is 6.04 Å². The van der Waals surface area contributed by atoms with Crippen LogP contribution in [-0.4, -0.2) is 79.2 Å². The fourth-order valence-electron chi connectivity index (χ4n) is 5.30. The van der Waals surface area contributed by atoms with Crippen LogP contribution in [0.4, 0.5) is 5.82 Å². The quantitative estimate of drug-likeness (QED) is 0.213. The van der Waals surface area contributed by atoms with Crippen molar-refractivity contribution in [2.24, 2.45) is 5.92 Å². The predicted octanol–water partition coefficient (Wildman–Crippen LogP) is 4.66. The molecular weight excluding hydrogens is 565 g/mol. The number of fused-ring (bicyclic) bond motifs is 1. The topological polar surface area (TPSA) is 86.7 Å². The summed E-state index contributed by atoms with van der Waals surface area (Å²) in [4.78, 5) is 25.4. The summed E-state index contributed by atoms with van der Waals surface area (Å²) in [5.74, 6) is 1.24. The van der Waals surface area contributed by atoms with Crippen molar-refractivity contribution in [3.05, 3.63) is 64.4 Å². The number of hydrogen-bond donors (Lipinski definition) is 0. The highest BCUT2D eigenvalue weighted by atomic mass is 35.5. The number of carbonyl (C=O) groups excluding carboxylic acids is 1. The van der Waals surface area contributed by atoms with E-state index in [1.807, 2.05) is 24.3 Å². The summed E-state index contributed by atoms with van der Waals surface area (Å²) in [5, 5.41) is 0.915. The van der Waals surface area contributed by atoms with Gasteiger partial charge in [0.15, 0.2) is 0 Å². The standard InChI is InChI=1S/C26H29Cl2N5O3S2/c1-2-24(23-13-19-3-4-20(27)14-22(19)37-23)38(35,36)33-12-11-32(21(16-33)17-34)15-18-6-9-31(10-7-18)25-5-8-29-26(28)30-25/h2-5,8,13-14,17-18,21,24H,1,6-7,9-12,15-16H2. The van der Waals surface area contributed by atoms with Crippen molar-refractivity contribution in [3.8, 4) is 0 Å². The largest absolute Gasteiger partial charge is 0.356 e. The van der Waals surface area contributed by atoms with Gasteiger partial charge in [0.2, 0.25) is 15.3 Å². The Labute approximate surface area is 236 Å². The number of halogens is 2. The van der Waals surface area contributed by atoms with E-state index in [0.717, 1.165) is 54.7 Å². The molecule has 38 heavy (non-hydrogen) atoms. The summed E-state index contributed by atoms with van der Waals surface area (Å²) in [6.45, 7) is 7.27. The molecule has 2 fully saturated rings. The third-order valence-electron chi connectivity index (χ3n) is 7.37. The van der Waals surface area contributed by atoms with Crippen LogP contribution in [0, 0.1) is 5.92 Å². The molecule has 202 valence electrons. The zero-order valence-electron chi connectivity index (χ0n) is 20.7. The summed E-state index contributed by atoms with van der Waals surface area (Å²) in [5.41, 5.74) is 0. The SMILES string of the molecule is C=CC(c1cc2ccc(Cl)cc2s1)S(=O)(=O)N1CCN(CC2CCN(c3ccnc(Cl)n3)CC2)C(C=O)C1. The number of carbonyl (C=O) groups is 1. The van der Waals surface area contributed by atoms with Crippen LogP contribution < -0.4 is 4.90 Å². The summed E-state index contributed by atoms with van der Waals surface area (Å²) < 4.78 is 29.8. The molecule has 3 aromatic rings. The van der Waals surface area contributed by atoms with Gasteiger partial charge in [-0.05, 0) is 60.0 Å². The van der Waals surface area contributed by atoms with E-state index in [0.29, 0.717) is 28.9 Å². The summed E-state index contributed by atoms with van der Waals surface area (Å²) >= 11 is 13.5. The first-order valence-corrected chi connectivity index (χ1v) is 15.6. The van der Waals surface area contributed by atoms with Gasteiger partial charge in [-0.2, -0.15) is 4.31 Å².